The van der Waals surface area contributed by atoms with Crippen molar-refractivity contribution in [1.82, 2.24) is 0 Å². The number of unbranched alkanes of at least 4 members (excludes halogenated alkanes) is 3. The van der Waals surface area contributed by atoms with Crippen LogP contribution in [0.3, 0.4) is 0 Å². The summed E-state index contributed by atoms with van der Waals surface area (Å²) >= 11 is 0. The second-order valence-electron chi connectivity index (χ2n) is 3.10. The van der Waals surface area contributed by atoms with Crippen LogP contribution in [0, 0.1) is 0 Å². The molecule has 82 valence electrons. The van der Waals surface area contributed by atoms with Crippen LogP contribution in [0.4, 0.5) is 0 Å². The maximum atomic E-state index is 8.29. The van der Waals surface area contributed by atoms with Gasteiger partial charge in [0.05, 0.1) is 0 Å². The van der Waals surface area contributed by atoms with Gasteiger partial charge in [0, 0.05) is 19.8 Å². The molecule has 13 heavy (non-hydrogen) atoms. The van der Waals surface area contributed by atoms with E-state index in [1.54, 1.807) is 0 Å². The standard InChI is InChI=1S/C6H14O.C4H8O.H2O/c1-2-3-4-5-6-7;1-2-4-5-3-1;/h7H,2-6H2,1H3;1-4H2;1H2. The van der Waals surface area contributed by atoms with E-state index in [0.717, 1.165) is 19.6 Å². The minimum Gasteiger partial charge on any atom is -0.412 e. The molecule has 3 N–H and O–H groups in total. The molecule has 1 aliphatic rings. The molecular formula is C10H24O3. The summed E-state index contributed by atoms with van der Waals surface area (Å²) in [6, 6.07) is 0. The summed E-state index contributed by atoms with van der Waals surface area (Å²) in [5.74, 6) is 0. The first-order valence-electron chi connectivity index (χ1n) is 5.10. The van der Waals surface area contributed by atoms with Gasteiger partial charge in [0.15, 0.2) is 0 Å². The van der Waals surface area contributed by atoms with E-state index in [2.05, 4.69) is 6.92 Å². The van der Waals surface area contributed by atoms with Gasteiger partial charge in [0.1, 0.15) is 0 Å². The van der Waals surface area contributed by atoms with Crippen LogP contribution in [0.2, 0.25) is 0 Å². The van der Waals surface area contributed by atoms with Gasteiger partial charge in [-0.05, 0) is 19.3 Å². The molecule has 1 saturated heterocycles. The predicted octanol–water partition coefficient (Wildman–Crippen LogP) is 1.53. The Bertz CT molecular complexity index is 61.0. The van der Waals surface area contributed by atoms with Gasteiger partial charge in [-0.1, -0.05) is 26.2 Å². The molecule has 0 radical (unpaired) electrons. The normalized spacial score (nSPS) is 14.3. The van der Waals surface area contributed by atoms with Gasteiger partial charge < -0.3 is 15.3 Å². The van der Waals surface area contributed by atoms with Gasteiger partial charge in [-0.3, -0.25) is 0 Å². The van der Waals surface area contributed by atoms with Crippen LogP contribution in [0.15, 0.2) is 0 Å². The van der Waals surface area contributed by atoms with Crippen molar-refractivity contribution in [3.05, 3.63) is 0 Å². The van der Waals surface area contributed by atoms with E-state index in [0.29, 0.717) is 6.61 Å². The zero-order chi connectivity index (χ0) is 9.07. The summed E-state index contributed by atoms with van der Waals surface area (Å²) in [5, 5.41) is 8.29. The zero-order valence-corrected chi connectivity index (χ0v) is 8.72. The molecule has 0 bridgehead atoms. The van der Waals surface area contributed by atoms with E-state index >= 15 is 0 Å². The average Bonchev–Trinajstić information content (AvgIpc) is 2.62. The fourth-order valence-corrected chi connectivity index (χ4v) is 1.05. The molecule has 1 heterocycles. The maximum Gasteiger partial charge on any atom is 0.0466 e. The molecule has 3 heteroatoms. The third-order valence-corrected chi connectivity index (χ3v) is 1.84. The summed E-state index contributed by atoms with van der Waals surface area (Å²) in [6.07, 6.45) is 7.24. The molecule has 0 spiro atoms. The van der Waals surface area contributed by atoms with Gasteiger partial charge in [0.2, 0.25) is 0 Å². The van der Waals surface area contributed by atoms with E-state index in [-0.39, 0.29) is 5.48 Å². The Morgan fingerprint density at radius 3 is 2.00 bits per heavy atom. The van der Waals surface area contributed by atoms with Crippen molar-refractivity contribution in [3.8, 4) is 0 Å². The molecule has 0 unspecified atom stereocenters. The lowest BCUT2D eigenvalue weighted by Crippen LogP contribution is -1.80. The van der Waals surface area contributed by atoms with Crippen molar-refractivity contribution in [2.45, 2.75) is 45.4 Å². The second kappa shape index (κ2) is 14.4. The fourth-order valence-electron chi connectivity index (χ4n) is 1.05. The van der Waals surface area contributed by atoms with Gasteiger partial charge in [0.25, 0.3) is 0 Å². The van der Waals surface area contributed by atoms with Crippen LogP contribution in [0.25, 0.3) is 0 Å². The van der Waals surface area contributed by atoms with Crippen molar-refractivity contribution in [1.29, 1.82) is 0 Å². The summed E-state index contributed by atoms with van der Waals surface area (Å²) < 4.78 is 4.94. The number of aliphatic hydroxyl groups excluding tert-OH is 1. The molecule has 1 rings (SSSR count). The molecule has 0 aromatic heterocycles. The Labute approximate surface area is 81.4 Å². The van der Waals surface area contributed by atoms with Crippen LogP contribution in [0.5, 0.6) is 0 Å². The first kappa shape index (κ1) is 15.4. The summed E-state index contributed by atoms with van der Waals surface area (Å²) in [7, 11) is 0. The minimum atomic E-state index is 0. The number of hydrogen-bond donors (Lipinski definition) is 1. The molecule has 0 aromatic carbocycles. The largest absolute Gasteiger partial charge is 0.412 e. The SMILES string of the molecule is C1CCOC1.CCCCCCO.O. The number of aliphatic hydroxyl groups is 1. The van der Waals surface area contributed by atoms with E-state index in [4.69, 9.17) is 9.84 Å². The van der Waals surface area contributed by atoms with Crippen molar-refractivity contribution < 1.29 is 15.3 Å². The summed E-state index contributed by atoms with van der Waals surface area (Å²) in [6.45, 7) is 4.53. The highest BCUT2D eigenvalue weighted by Crippen LogP contribution is 1.98. The highest BCUT2D eigenvalue weighted by molar-refractivity contribution is 4.43. The Kier molecular flexibility index (Phi) is 17.0. The van der Waals surface area contributed by atoms with Gasteiger partial charge in [-0.2, -0.15) is 0 Å². The third-order valence-electron chi connectivity index (χ3n) is 1.84. The van der Waals surface area contributed by atoms with E-state index in [9.17, 15) is 0 Å². The summed E-state index contributed by atoms with van der Waals surface area (Å²) in [4.78, 5) is 0. The Hall–Kier alpha value is -0.120. The fraction of sp³-hybridized carbons (Fsp3) is 1.00. The molecular weight excluding hydrogens is 168 g/mol. The van der Waals surface area contributed by atoms with E-state index in [1.807, 2.05) is 0 Å². The number of ether oxygens (including phenoxy) is 1. The molecule has 0 aliphatic carbocycles. The molecule has 3 nitrogen and oxygen atoms in total. The lowest BCUT2D eigenvalue weighted by Gasteiger charge is -1.90. The molecule has 0 amide bonds. The Balaban J connectivity index is 0. The van der Waals surface area contributed by atoms with Crippen LogP contribution in [0.1, 0.15) is 45.4 Å². The summed E-state index contributed by atoms with van der Waals surface area (Å²) in [5.41, 5.74) is 0. The van der Waals surface area contributed by atoms with Crippen LogP contribution < -0.4 is 0 Å². The quantitative estimate of drug-likeness (QED) is 0.687. The third kappa shape index (κ3) is 14.7. The first-order chi connectivity index (χ1) is 5.91. The lowest BCUT2D eigenvalue weighted by atomic mass is 10.2. The van der Waals surface area contributed by atoms with Crippen molar-refractivity contribution in [3.63, 3.8) is 0 Å². The van der Waals surface area contributed by atoms with Gasteiger partial charge >= 0.3 is 0 Å². The zero-order valence-electron chi connectivity index (χ0n) is 8.72. The lowest BCUT2D eigenvalue weighted by molar-refractivity contribution is 0.198. The smallest absolute Gasteiger partial charge is 0.0466 e. The van der Waals surface area contributed by atoms with Crippen molar-refractivity contribution in [2.24, 2.45) is 0 Å². The number of hydrogen-bond acceptors (Lipinski definition) is 2. The van der Waals surface area contributed by atoms with Crippen LogP contribution in [-0.4, -0.2) is 30.4 Å². The minimum absolute atomic E-state index is 0. The van der Waals surface area contributed by atoms with Gasteiger partial charge in [-0.25, -0.2) is 0 Å². The first-order valence-corrected chi connectivity index (χ1v) is 5.10. The molecule has 0 aromatic rings. The highest BCUT2D eigenvalue weighted by Gasteiger charge is 1.94. The van der Waals surface area contributed by atoms with E-state index < -0.39 is 0 Å². The molecule has 0 atom stereocenters. The molecule has 1 aliphatic heterocycles. The predicted molar refractivity (Wildman–Crippen MR) is 54.9 cm³/mol. The van der Waals surface area contributed by atoms with Crippen LogP contribution >= 0.6 is 0 Å². The molecule has 1 fully saturated rings. The van der Waals surface area contributed by atoms with Crippen molar-refractivity contribution >= 4 is 0 Å². The Morgan fingerprint density at radius 1 is 1.08 bits per heavy atom. The van der Waals surface area contributed by atoms with E-state index in [1.165, 1.54) is 32.1 Å². The highest BCUT2D eigenvalue weighted by atomic mass is 16.5. The topological polar surface area (TPSA) is 61.0 Å². The second-order valence-corrected chi connectivity index (χ2v) is 3.10. The average molecular weight is 192 g/mol. The van der Waals surface area contributed by atoms with Gasteiger partial charge in [-0.15, -0.1) is 0 Å². The monoisotopic (exact) mass is 192 g/mol. The molecule has 0 saturated carbocycles. The Morgan fingerprint density at radius 2 is 1.69 bits per heavy atom. The van der Waals surface area contributed by atoms with Crippen LogP contribution in [-0.2, 0) is 4.74 Å². The maximum absolute atomic E-state index is 8.29. The van der Waals surface area contributed by atoms with Crippen molar-refractivity contribution in [2.75, 3.05) is 19.8 Å². The number of rotatable bonds is 4.